The van der Waals surface area contributed by atoms with E-state index in [4.69, 9.17) is 0 Å². The van der Waals surface area contributed by atoms with E-state index in [1.807, 2.05) is 12.1 Å². The third kappa shape index (κ3) is 4.50. The predicted octanol–water partition coefficient (Wildman–Crippen LogP) is 1.95. The lowest BCUT2D eigenvalue weighted by molar-refractivity contribution is 0.682. The van der Waals surface area contributed by atoms with Crippen molar-refractivity contribution in [1.82, 2.24) is 20.2 Å². The van der Waals surface area contributed by atoms with Gasteiger partial charge in [0.1, 0.15) is 0 Å². The Bertz CT molecular complexity index is 499. The molecule has 100 valence electrons. The Balaban J connectivity index is 1.91. The van der Waals surface area contributed by atoms with Crippen LogP contribution in [0, 0.1) is 5.92 Å². The minimum Gasteiger partial charge on any atom is -0.365 e. The number of nitrogens with one attached hydrogen (secondary N) is 2. The second kappa shape index (κ2) is 6.63. The molecule has 2 rings (SSSR count). The van der Waals surface area contributed by atoms with Crippen LogP contribution in [0.5, 0.6) is 0 Å². The molecule has 0 aliphatic rings. The van der Waals surface area contributed by atoms with E-state index in [2.05, 4.69) is 44.6 Å². The Labute approximate surface area is 112 Å². The van der Waals surface area contributed by atoms with Crippen LogP contribution in [-0.2, 0) is 6.54 Å². The number of hydrogen-bond acceptors (Lipinski definition) is 6. The number of hydrogen-bond donors (Lipinski definition) is 2. The third-order valence-corrected chi connectivity index (χ3v) is 2.45. The highest BCUT2D eigenvalue weighted by Gasteiger charge is 2.01. The largest absolute Gasteiger partial charge is 0.365 e. The molecule has 0 aliphatic carbocycles. The van der Waals surface area contributed by atoms with Crippen LogP contribution in [0.25, 0.3) is 0 Å². The van der Waals surface area contributed by atoms with Crippen LogP contribution >= 0.6 is 0 Å². The summed E-state index contributed by atoms with van der Waals surface area (Å²) in [4.78, 5) is 8.33. The van der Waals surface area contributed by atoms with Crippen LogP contribution in [0.4, 0.5) is 11.8 Å². The van der Waals surface area contributed by atoms with Crippen molar-refractivity contribution in [2.24, 2.45) is 5.92 Å². The van der Waals surface area contributed by atoms with Crippen molar-refractivity contribution in [1.29, 1.82) is 0 Å². The van der Waals surface area contributed by atoms with Crippen LogP contribution in [0.15, 0.2) is 30.7 Å². The fourth-order valence-corrected chi connectivity index (χ4v) is 1.45. The first-order valence-electron chi connectivity index (χ1n) is 6.30. The molecule has 2 N–H and O–H groups in total. The second-order valence-corrected chi connectivity index (χ2v) is 4.65. The van der Waals surface area contributed by atoms with Gasteiger partial charge in [-0.05, 0) is 23.6 Å². The van der Waals surface area contributed by atoms with Gasteiger partial charge < -0.3 is 10.6 Å². The molecule has 0 spiro atoms. The molecule has 2 heterocycles. The fourth-order valence-electron chi connectivity index (χ4n) is 1.45. The smallest absolute Gasteiger partial charge is 0.244 e. The fraction of sp³-hybridized carbons (Fsp3) is 0.385. The van der Waals surface area contributed by atoms with Gasteiger partial charge in [0.25, 0.3) is 0 Å². The van der Waals surface area contributed by atoms with Gasteiger partial charge in [-0.15, -0.1) is 5.10 Å². The maximum absolute atomic E-state index is 4.35. The molecule has 6 heteroatoms. The first-order valence-corrected chi connectivity index (χ1v) is 6.30. The Morgan fingerprint density at radius 2 is 1.95 bits per heavy atom. The molecule has 2 aromatic heterocycles. The Morgan fingerprint density at radius 1 is 1.16 bits per heavy atom. The van der Waals surface area contributed by atoms with E-state index in [9.17, 15) is 0 Å². The lowest BCUT2D eigenvalue weighted by atomic mass is 10.2. The van der Waals surface area contributed by atoms with Crippen LogP contribution in [-0.4, -0.2) is 26.7 Å². The molecular weight excluding hydrogens is 240 g/mol. The zero-order chi connectivity index (χ0) is 13.5. The van der Waals surface area contributed by atoms with Gasteiger partial charge in [0, 0.05) is 25.5 Å². The maximum atomic E-state index is 4.35. The molecule has 0 atom stereocenters. The predicted molar refractivity (Wildman–Crippen MR) is 74.7 cm³/mol. The molecule has 2 aromatic rings. The normalized spacial score (nSPS) is 10.5. The van der Waals surface area contributed by atoms with Crippen molar-refractivity contribution in [2.75, 3.05) is 17.2 Å². The van der Waals surface area contributed by atoms with Gasteiger partial charge in [-0.3, -0.25) is 4.98 Å². The van der Waals surface area contributed by atoms with Crippen LogP contribution in [0.1, 0.15) is 19.4 Å². The van der Waals surface area contributed by atoms with Gasteiger partial charge in [0.15, 0.2) is 5.82 Å². The molecule has 0 aromatic carbocycles. The van der Waals surface area contributed by atoms with Crippen molar-refractivity contribution in [3.8, 4) is 0 Å². The van der Waals surface area contributed by atoms with Gasteiger partial charge in [-0.2, -0.15) is 10.1 Å². The van der Waals surface area contributed by atoms with Gasteiger partial charge in [0.05, 0.1) is 6.20 Å². The molecule has 0 radical (unpaired) electrons. The summed E-state index contributed by atoms with van der Waals surface area (Å²) in [5, 5.41) is 14.2. The highest BCUT2D eigenvalue weighted by molar-refractivity contribution is 5.37. The minimum absolute atomic E-state index is 0.539. The molecule has 19 heavy (non-hydrogen) atoms. The van der Waals surface area contributed by atoms with Crippen molar-refractivity contribution in [2.45, 2.75) is 20.4 Å². The van der Waals surface area contributed by atoms with Crippen molar-refractivity contribution in [3.05, 3.63) is 36.3 Å². The first-order chi connectivity index (χ1) is 9.24. The molecule has 6 nitrogen and oxygen atoms in total. The van der Waals surface area contributed by atoms with E-state index in [0.29, 0.717) is 24.2 Å². The molecule has 0 saturated heterocycles. The summed E-state index contributed by atoms with van der Waals surface area (Å²) in [6, 6.07) is 3.92. The first kappa shape index (κ1) is 13.2. The summed E-state index contributed by atoms with van der Waals surface area (Å²) < 4.78 is 0. The van der Waals surface area contributed by atoms with Crippen molar-refractivity contribution < 1.29 is 0 Å². The van der Waals surface area contributed by atoms with Gasteiger partial charge >= 0.3 is 0 Å². The molecule has 0 saturated carbocycles. The summed E-state index contributed by atoms with van der Waals surface area (Å²) in [7, 11) is 0. The topological polar surface area (TPSA) is 75.6 Å². The molecule has 0 amide bonds. The highest BCUT2D eigenvalue weighted by Crippen LogP contribution is 2.06. The van der Waals surface area contributed by atoms with E-state index in [1.54, 1.807) is 18.6 Å². The maximum Gasteiger partial charge on any atom is 0.244 e. The van der Waals surface area contributed by atoms with Crippen LogP contribution in [0.3, 0.4) is 0 Å². The standard InChI is InChI=1S/C13H18N6/c1-10(2)7-16-13-18-12(9-17-19-13)15-8-11-3-5-14-6-4-11/h3-6,9-10H,7-8H2,1-2H3,(H2,15,16,18,19). The highest BCUT2D eigenvalue weighted by atomic mass is 15.3. The summed E-state index contributed by atoms with van der Waals surface area (Å²) in [6.45, 7) is 5.78. The van der Waals surface area contributed by atoms with E-state index in [-0.39, 0.29) is 0 Å². The number of pyridine rings is 1. The third-order valence-electron chi connectivity index (χ3n) is 2.45. The average Bonchev–Trinajstić information content (AvgIpc) is 2.44. The lowest BCUT2D eigenvalue weighted by Gasteiger charge is -2.08. The van der Waals surface area contributed by atoms with E-state index < -0.39 is 0 Å². The molecule has 0 unspecified atom stereocenters. The zero-order valence-electron chi connectivity index (χ0n) is 11.2. The average molecular weight is 258 g/mol. The minimum atomic E-state index is 0.539. The monoisotopic (exact) mass is 258 g/mol. The van der Waals surface area contributed by atoms with E-state index >= 15 is 0 Å². The van der Waals surface area contributed by atoms with Gasteiger partial charge in [0.2, 0.25) is 5.95 Å². The molecule has 0 aliphatic heterocycles. The summed E-state index contributed by atoms with van der Waals surface area (Å²) in [5.41, 5.74) is 1.14. The van der Waals surface area contributed by atoms with E-state index in [0.717, 1.165) is 12.1 Å². The Kier molecular flexibility index (Phi) is 4.60. The van der Waals surface area contributed by atoms with Gasteiger partial charge in [-0.1, -0.05) is 13.8 Å². The van der Waals surface area contributed by atoms with E-state index in [1.165, 1.54) is 0 Å². The number of rotatable bonds is 6. The quantitative estimate of drug-likeness (QED) is 0.824. The summed E-state index contributed by atoms with van der Waals surface area (Å²) in [6.07, 6.45) is 5.15. The SMILES string of the molecule is CC(C)CNc1nncc(NCc2ccncc2)n1. The van der Waals surface area contributed by atoms with Crippen LogP contribution in [0.2, 0.25) is 0 Å². The molecule has 0 bridgehead atoms. The summed E-state index contributed by atoms with van der Waals surface area (Å²) in [5.74, 6) is 1.79. The van der Waals surface area contributed by atoms with Gasteiger partial charge in [-0.25, -0.2) is 0 Å². The van der Waals surface area contributed by atoms with Crippen molar-refractivity contribution >= 4 is 11.8 Å². The molecule has 0 fully saturated rings. The zero-order valence-corrected chi connectivity index (χ0v) is 11.2. The lowest BCUT2D eigenvalue weighted by Crippen LogP contribution is -2.12. The van der Waals surface area contributed by atoms with Crippen molar-refractivity contribution in [3.63, 3.8) is 0 Å². The summed E-state index contributed by atoms with van der Waals surface area (Å²) >= 11 is 0. The second-order valence-electron chi connectivity index (χ2n) is 4.65. The number of aromatic nitrogens is 4. The Hall–Kier alpha value is -2.24. The number of anilines is 2. The molecular formula is C13H18N6. The number of nitrogens with zero attached hydrogens (tertiary/aromatic N) is 4. The Morgan fingerprint density at radius 3 is 2.68 bits per heavy atom. The van der Waals surface area contributed by atoms with Crippen LogP contribution < -0.4 is 10.6 Å².